The third-order valence-corrected chi connectivity index (χ3v) is 5.57. The van der Waals surface area contributed by atoms with Gasteiger partial charge in [-0.25, -0.2) is 5.43 Å². The molecule has 6 nitrogen and oxygen atoms in total. The van der Waals surface area contributed by atoms with Gasteiger partial charge in [0.05, 0.1) is 5.69 Å². The third-order valence-electron chi connectivity index (χ3n) is 5.04. The summed E-state index contributed by atoms with van der Waals surface area (Å²) < 4.78 is 2.77. The van der Waals surface area contributed by atoms with Gasteiger partial charge in [0.2, 0.25) is 5.91 Å². The Morgan fingerprint density at radius 2 is 2.00 bits per heavy atom. The Morgan fingerprint density at radius 3 is 2.68 bits per heavy atom. The number of hydrazine groups is 1. The zero-order valence-electron chi connectivity index (χ0n) is 14.3. The molecule has 1 amide bonds. The minimum absolute atomic E-state index is 0.0167. The lowest BCUT2D eigenvalue weighted by molar-refractivity contribution is -0.117. The summed E-state index contributed by atoms with van der Waals surface area (Å²) in [5, 5.41) is 7.58. The van der Waals surface area contributed by atoms with E-state index in [4.69, 9.17) is 0 Å². The molecular weight excluding hydrogens is 382 g/mol. The normalized spacial score (nSPS) is 23.0. The van der Waals surface area contributed by atoms with E-state index in [1.54, 1.807) is 4.68 Å². The molecule has 0 radical (unpaired) electrons. The molecule has 2 unspecified atom stereocenters. The fraction of sp³-hybridized carbons (Fsp3) is 0.444. The van der Waals surface area contributed by atoms with Crippen molar-refractivity contribution in [2.24, 2.45) is 13.0 Å². The van der Waals surface area contributed by atoms with Crippen LogP contribution < -0.4 is 16.2 Å². The highest BCUT2D eigenvalue weighted by Crippen LogP contribution is 2.36. The van der Waals surface area contributed by atoms with Gasteiger partial charge < -0.3 is 5.32 Å². The van der Waals surface area contributed by atoms with Crippen LogP contribution in [0.3, 0.4) is 0 Å². The first kappa shape index (κ1) is 16.8. The number of carbonyl (C=O) groups is 1. The Morgan fingerprint density at radius 1 is 1.28 bits per heavy atom. The fourth-order valence-corrected chi connectivity index (χ4v) is 3.79. The van der Waals surface area contributed by atoms with Crippen LogP contribution >= 0.6 is 15.9 Å². The third kappa shape index (κ3) is 3.36. The Balaban J connectivity index is 1.56. The number of anilines is 1. The van der Waals surface area contributed by atoms with Crippen LogP contribution in [0.2, 0.25) is 0 Å². The number of hydrogen-bond acceptors (Lipinski definition) is 4. The summed E-state index contributed by atoms with van der Waals surface area (Å²) in [7, 11) is 1.86. The maximum atomic E-state index is 12.7. The molecule has 1 saturated heterocycles. The van der Waals surface area contributed by atoms with Gasteiger partial charge in [-0.1, -0.05) is 28.1 Å². The molecule has 7 heteroatoms. The zero-order valence-corrected chi connectivity index (χ0v) is 15.9. The van der Waals surface area contributed by atoms with Crippen molar-refractivity contribution < 1.29 is 4.79 Å². The van der Waals surface area contributed by atoms with Gasteiger partial charge in [-0.3, -0.25) is 14.9 Å². The maximum Gasteiger partial charge on any atom is 0.244 e. The number of aryl methyl sites for hydroxylation is 2. The molecule has 4 rings (SSSR count). The van der Waals surface area contributed by atoms with Crippen molar-refractivity contribution >= 4 is 27.7 Å². The molecule has 2 heterocycles. The molecule has 3 N–H and O–H groups in total. The summed E-state index contributed by atoms with van der Waals surface area (Å²) >= 11 is 3.46. The Labute approximate surface area is 155 Å². The number of amides is 1. The van der Waals surface area contributed by atoms with E-state index in [-0.39, 0.29) is 11.9 Å². The predicted octanol–water partition coefficient (Wildman–Crippen LogP) is 2.74. The van der Waals surface area contributed by atoms with Gasteiger partial charge in [0.1, 0.15) is 11.9 Å². The fourth-order valence-electron chi connectivity index (χ4n) is 3.53. The quantitative estimate of drug-likeness (QED) is 0.733. The number of hydrogen-bond donors (Lipinski definition) is 3. The first-order valence-electron chi connectivity index (χ1n) is 8.64. The van der Waals surface area contributed by atoms with Crippen molar-refractivity contribution in [2.75, 3.05) is 5.32 Å². The number of carbonyl (C=O) groups excluding carboxylic acids is 1. The smallest absolute Gasteiger partial charge is 0.244 e. The van der Waals surface area contributed by atoms with E-state index in [1.165, 1.54) is 12.8 Å². The van der Waals surface area contributed by atoms with Gasteiger partial charge in [0.15, 0.2) is 0 Å². The molecule has 1 saturated carbocycles. The standard InChI is InChI=1S/C18H22BrN5O/c1-10-16(12-5-7-13(19)8-6-12)17(24(2)23-10)20-18(25)15-9-14(21-22-15)11-3-4-11/h5-8,11,14-15,21-22H,3-4,9H2,1-2H3,(H,20,25). The van der Waals surface area contributed by atoms with Crippen LogP contribution in [0.1, 0.15) is 25.0 Å². The SMILES string of the molecule is Cc1nn(C)c(NC(=O)C2CC(C3CC3)NN2)c1-c1ccc(Br)cc1. The topological polar surface area (TPSA) is 71.0 Å². The van der Waals surface area contributed by atoms with Crippen molar-refractivity contribution in [3.63, 3.8) is 0 Å². The molecule has 0 bridgehead atoms. The number of rotatable bonds is 4. The predicted molar refractivity (Wildman–Crippen MR) is 101 cm³/mol. The number of aromatic nitrogens is 2. The Bertz CT molecular complexity index is 797. The molecule has 2 aliphatic rings. The minimum Gasteiger partial charge on any atom is -0.309 e. The van der Waals surface area contributed by atoms with Crippen molar-refractivity contribution in [2.45, 2.75) is 38.3 Å². The first-order chi connectivity index (χ1) is 12.0. The van der Waals surface area contributed by atoms with E-state index in [9.17, 15) is 4.79 Å². The van der Waals surface area contributed by atoms with E-state index in [0.717, 1.165) is 39.5 Å². The number of benzene rings is 1. The van der Waals surface area contributed by atoms with E-state index in [2.05, 4.69) is 37.2 Å². The van der Waals surface area contributed by atoms with Gasteiger partial charge in [-0.15, -0.1) is 0 Å². The molecule has 1 aromatic carbocycles. The van der Waals surface area contributed by atoms with E-state index in [0.29, 0.717) is 6.04 Å². The van der Waals surface area contributed by atoms with Crippen LogP contribution in [0.5, 0.6) is 0 Å². The molecule has 1 aromatic heterocycles. The molecule has 0 spiro atoms. The first-order valence-corrected chi connectivity index (χ1v) is 9.43. The Kier molecular flexibility index (Phi) is 4.39. The summed E-state index contributed by atoms with van der Waals surface area (Å²) in [4.78, 5) is 12.7. The summed E-state index contributed by atoms with van der Waals surface area (Å²) in [6, 6.07) is 8.25. The van der Waals surface area contributed by atoms with Crippen molar-refractivity contribution in [1.82, 2.24) is 20.6 Å². The van der Waals surface area contributed by atoms with E-state index < -0.39 is 0 Å². The van der Waals surface area contributed by atoms with Crippen LogP contribution in [-0.2, 0) is 11.8 Å². The van der Waals surface area contributed by atoms with E-state index >= 15 is 0 Å². The molecule has 1 aliphatic carbocycles. The highest BCUT2D eigenvalue weighted by Gasteiger charge is 2.39. The molecule has 132 valence electrons. The van der Waals surface area contributed by atoms with Gasteiger partial charge in [0.25, 0.3) is 0 Å². The lowest BCUT2D eigenvalue weighted by Crippen LogP contribution is -2.40. The van der Waals surface area contributed by atoms with Crippen molar-refractivity contribution in [3.8, 4) is 11.1 Å². The van der Waals surface area contributed by atoms with Crippen LogP contribution in [0.4, 0.5) is 5.82 Å². The molecule has 1 aliphatic heterocycles. The highest BCUT2D eigenvalue weighted by molar-refractivity contribution is 9.10. The summed E-state index contributed by atoms with van der Waals surface area (Å²) in [6.07, 6.45) is 3.37. The van der Waals surface area contributed by atoms with Gasteiger partial charge in [-0.05, 0) is 49.8 Å². The minimum atomic E-state index is -0.210. The second-order valence-electron chi connectivity index (χ2n) is 6.95. The van der Waals surface area contributed by atoms with Crippen LogP contribution in [0.25, 0.3) is 11.1 Å². The van der Waals surface area contributed by atoms with Crippen LogP contribution in [0, 0.1) is 12.8 Å². The van der Waals surface area contributed by atoms with Crippen LogP contribution in [0.15, 0.2) is 28.7 Å². The molecule has 2 atom stereocenters. The summed E-state index contributed by atoms with van der Waals surface area (Å²) in [5.74, 6) is 1.45. The average Bonchev–Trinajstić information content (AvgIpc) is 3.25. The van der Waals surface area contributed by atoms with E-state index in [1.807, 2.05) is 38.2 Å². The monoisotopic (exact) mass is 403 g/mol. The lowest BCUT2D eigenvalue weighted by atomic mass is 10.0. The van der Waals surface area contributed by atoms with Gasteiger partial charge in [-0.2, -0.15) is 5.10 Å². The molecule has 25 heavy (non-hydrogen) atoms. The van der Waals surface area contributed by atoms with Crippen molar-refractivity contribution in [1.29, 1.82) is 0 Å². The van der Waals surface area contributed by atoms with Crippen molar-refractivity contribution in [3.05, 3.63) is 34.4 Å². The van der Waals surface area contributed by atoms with Gasteiger partial charge >= 0.3 is 0 Å². The Hall–Kier alpha value is -1.70. The number of halogens is 1. The average molecular weight is 404 g/mol. The largest absolute Gasteiger partial charge is 0.309 e. The number of nitrogens with zero attached hydrogens (tertiary/aromatic N) is 2. The summed E-state index contributed by atoms with van der Waals surface area (Å²) in [5.41, 5.74) is 9.31. The van der Waals surface area contributed by atoms with Gasteiger partial charge in [0, 0.05) is 23.1 Å². The second-order valence-corrected chi connectivity index (χ2v) is 7.87. The molecular formula is C18H22BrN5O. The number of nitrogens with one attached hydrogen (secondary N) is 3. The molecule has 2 aromatic rings. The maximum absolute atomic E-state index is 12.7. The summed E-state index contributed by atoms with van der Waals surface area (Å²) in [6.45, 7) is 1.96. The van der Waals surface area contributed by atoms with Crippen LogP contribution in [-0.4, -0.2) is 27.8 Å². The molecule has 2 fully saturated rings. The highest BCUT2D eigenvalue weighted by atomic mass is 79.9. The lowest BCUT2D eigenvalue weighted by Gasteiger charge is -2.13. The zero-order chi connectivity index (χ0) is 17.6. The second kappa shape index (κ2) is 6.55.